The molecule has 0 fully saturated rings. The van der Waals surface area contributed by atoms with Gasteiger partial charge in [0.2, 0.25) is 0 Å². The van der Waals surface area contributed by atoms with Gasteiger partial charge in [-0.2, -0.15) is 4.99 Å². The van der Waals surface area contributed by atoms with Gasteiger partial charge in [-0.05, 0) is 44.0 Å². The molecule has 4 N–H and O–H groups in total. The molecule has 0 saturated carbocycles. The van der Waals surface area contributed by atoms with E-state index in [4.69, 9.17) is 11.5 Å². The topological polar surface area (TPSA) is 116 Å². The van der Waals surface area contributed by atoms with Crippen LogP contribution in [0.4, 0.5) is 0 Å². The normalized spacial score (nSPS) is 17.9. The van der Waals surface area contributed by atoms with Crippen LogP contribution in [0.5, 0.6) is 0 Å². The summed E-state index contributed by atoms with van der Waals surface area (Å²) in [4.78, 5) is 15.6. The van der Waals surface area contributed by atoms with Crippen LogP contribution in [-0.4, -0.2) is 25.0 Å². The minimum atomic E-state index is -3.57. The first-order valence-corrected chi connectivity index (χ1v) is 7.77. The Labute approximate surface area is 123 Å². The van der Waals surface area contributed by atoms with Crippen LogP contribution in [0.3, 0.4) is 0 Å². The Hall–Kier alpha value is -2.15. The number of hydrogen-bond acceptors (Lipinski definition) is 3. The van der Waals surface area contributed by atoms with Gasteiger partial charge in [-0.1, -0.05) is 12.2 Å². The molecule has 1 aromatic rings. The number of amides is 1. The quantitative estimate of drug-likeness (QED) is 0.593. The zero-order valence-corrected chi connectivity index (χ0v) is 12.9. The monoisotopic (exact) mass is 307 g/mol. The molecule has 0 aliphatic carbocycles. The molecule has 1 amide bonds. The summed E-state index contributed by atoms with van der Waals surface area (Å²) in [5, 5.41) is 0. The number of guanidine groups is 1. The number of nitrogens with zero attached hydrogens (tertiary/aromatic N) is 1. The number of carbonyl (C=O) groups is 1. The third-order valence-electron chi connectivity index (χ3n) is 3.46. The predicted octanol–water partition coefficient (Wildman–Crippen LogP) is 0.988. The van der Waals surface area contributed by atoms with Crippen molar-refractivity contribution in [3.05, 3.63) is 34.9 Å². The number of aryl methyl sites for hydroxylation is 1. The molecular formula is C14H17N3O3S. The molecule has 0 aromatic heterocycles. The largest absolute Gasteiger partial charge is 0.370 e. The molecule has 0 bridgehead atoms. The van der Waals surface area contributed by atoms with Crippen molar-refractivity contribution in [2.24, 2.45) is 16.5 Å². The van der Waals surface area contributed by atoms with E-state index in [1.54, 1.807) is 39.0 Å². The highest BCUT2D eigenvalue weighted by atomic mass is 32.2. The second-order valence-corrected chi connectivity index (χ2v) is 7.99. The molecule has 0 unspecified atom stereocenters. The first kappa shape index (κ1) is 15.2. The number of aliphatic imine (C=N–C) groups is 1. The summed E-state index contributed by atoms with van der Waals surface area (Å²) in [7, 11) is -3.57. The van der Waals surface area contributed by atoms with Crippen molar-refractivity contribution in [1.82, 2.24) is 0 Å². The van der Waals surface area contributed by atoms with Gasteiger partial charge in [-0.3, -0.25) is 4.79 Å². The predicted molar refractivity (Wildman–Crippen MR) is 81.6 cm³/mol. The van der Waals surface area contributed by atoms with E-state index in [1.807, 2.05) is 0 Å². The van der Waals surface area contributed by atoms with E-state index in [0.717, 1.165) is 0 Å². The van der Waals surface area contributed by atoms with Gasteiger partial charge < -0.3 is 11.5 Å². The highest BCUT2D eigenvalue weighted by Crippen LogP contribution is 2.36. The Morgan fingerprint density at radius 3 is 2.43 bits per heavy atom. The molecule has 1 aliphatic heterocycles. The fourth-order valence-electron chi connectivity index (χ4n) is 2.14. The third kappa shape index (κ3) is 2.44. The molecule has 0 atom stereocenters. The Kier molecular flexibility index (Phi) is 3.41. The molecule has 0 radical (unpaired) electrons. The lowest BCUT2D eigenvalue weighted by Crippen LogP contribution is -2.32. The summed E-state index contributed by atoms with van der Waals surface area (Å²) in [5.74, 6) is -1.02. The number of fused-ring (bicyclic) bond motifs is 1. The van der Waals surface area contributed by atoms with Crippen LogP contribution >= 0.6 is 0 Å². The van der Waals surface area contributed by atoms with Gasteiger partial charge in [-0.25, -0.2) is 8.42 Å². The maximum Gasteiger partial charge on any atom is 0.280 e. The Balaban J connectivity index is 2.71. The van der Waals surface area contributed by atoms with Crippen molar-refractivity contribution >= 4 is 27.8 Å². The number of carbonyl (C=O) groups excluding carboxylic acids is 1. The molecule has 7 heteroatoms. The summed E-state index contributed by atoms with van der Waals surface area (Å²) < 4.78 is 24.2. The van der Waals surface area contributed by atoms with E-state index < -0.39 is 20.5 Å². The molecule has 2 rings (SSSR count). The molecule has 0 spiro atoms. The van der Waals surface area contributed by atoms with Gasteiger partial charge in [0.15, 0.2) is 15.8 Å². The summed E-state index contributed by atoms with van der Waals surface area (Å²) >= 11 is 0. The van der Waals surface area contributed by atoms with Crippen LogP contribution in [0, 0.1) is 6.92 Å². The summed E-state index contributed by atoms with van der Waals surface area (Å²) in [6.45, 7) is 4.92. The minimum absolute atomic E-state index is 0.120. The number of nitrogens with two attached hydrogens (primary N) is 2. The van der Waals surface area contributed by atoms with E-state index in [-0.39, 0.29) is 16.4 Å². The smallest absolute Gasteiger partial charge is 0.280 e. The maximum atomic E-state index is 12.6. The van der Waals surface area contributed by atoms with E-state index in [2.05, 4.69) is 4.99 Å². The Morgan fingerprint density at radius 1 is 1.24 bits per heavy atom. The van der Waals surface area contributed by atoms with Gasteiger partial charge >= 0.3 is 0 Å². The molecule has 0 saturated heterocycles. The van der Waals surface area contributed by atoms with Crippen molar-refractivity contribution in [1.29, 1.82) is 0 Å². The van der Waals surface area contributed by atoms with Crippen LogP contribution < -0.4 is 11.5 Å². The standard InChI is InChI=1S/C14H17N3O3S/c1-8-6-9-4-5-14(2,3)21(19,20)11(9)7-10(8)12(18)17-13(15)16/h4-7H,1-3H3,(H4,15,16,17,18). The first-order chi connectivity index (χ1) is 9.56. The van der Waals surface area contributed by atoms with Crippen molar-refractivity contribution in [2.75, 3.05) is 0 Å². The van der Waals surface area contributed by atoms with Crippen LogP contribution in [0.2, 0.25) is 0 Å². The number of rotatable bonds is 1. The summed E-state index contributed by atoms with van der Waals surface area (Å²) in [6, 6.07) is 2.99. The molecule has 6 nitrogen and oxygen atoms in total. The van der Waals surface area contributed by atoms with E-state index >= 15 is 0 Å². The second kappa shape index (κ2) is 4.70. The molecule has 1 heterocycles. The van der Waals surface area contributed by atoms with Gasteiger partial charge in [0.1, 0.15) is 0 Å². The Bertz CT molecular complexity index is 786. The van der Waals surface area contributed by atoms with Crippen LogP contribution in [-0.2, 0) is 9.84 Å². The van der Waals surface area contributed by atoms with Crippen molar-refractivity contribution < 1.29 is 13.2 Å². The zero-order chi connectivity index (χ0) is 16.0. The van der Waals surface area contributed by atoms with E-state index in [0.29, 0.717) is 11.1 Å². The van der Waals surface area contributed by atoms with Crippen molar-refractivity contribution in [2.45, 2.75) is 30.4 Å². The van der Waals surface area contributed by atoms with Gasteiger partial charge in [0.25, 0.3) is 5.91 Å². The van der Waals surface area contributed by atoms with Crippen LogP contribution in [0.25, 0.3) is 6.08 Å². The lowest BCUT2D eigenvalue weighted by atomic mass is 10.0. The molecule has 1 aromatic carbocycles. The van der Waals surface area contributed by atoms with Crippen molar-refractivity contribution in [3.8, 4) is 0 Å². The fraction of sp³-hybridized carbons (Fsp3) is 0.286. The summed E-state index contributed by atoms with van der Waals surface area (Å²) in [5.41, 5.74) is 11.7. The average Bonchev–Trinajstić information content (AvgIpc) is 2.33. The van der Waals surface area contributed by atoms with Gasteiger partial charge in [0.05, 0.1) is 9.64 Å². The number of benzene rings is 1. The highest BCUT2D eigenvalue weighted by Gasteiger charge is 2.38. The van der Waals surface area contributed by atoms with Crippen molar-refractivity contribution in [3.63, 3.8) is 0 Å². The van der Waals surface area contributed by atoms with Crippen LogP contribution in [0.1, 0.15) is 35.3 Å². The summed E-state index contributed by atoms with van der Waals surface area (Å²) in [6.07, 6.45) is 3.39. The van der Waals surface area contributed by atoms with Gasteiger partial charge in [-0.15, -0.1) is 0 Å². The first-order valence-electron chi connectivity index (χ1n) is 6.29. The molecular weight excluding hydrogens is 290 g/mol. The lowest BCUT2D eigenvalue weighted by molar-refractivity contribution is 0.100. The van der Waals surface area contributed by atoms with Gasteiger partial charge in [0, 0.05) is 5.56 Å². The van der Waals surface area contributed by atoms with E-state index in [1.165, 1.54) is 6.07 Å². The number of sulfone groups is 1. The highest BCUT2D eigenvalue weighted by molar-refractivity contribution is 7.93. The second-order valence-electron chi connectivity index (χ2n) is 5.49. The lowest BCUT2D eigenvalue weighted by Gasteiger charge is -2.26. The fourth-order valence-corrected chi connectivity index (χ4v) is 3.67. The third-order valence-corrected chi connectivity index (χ3v) is 5.92. The average molecular weight is 307 g/mol. The maximum absolute atomic E-state index is 12.6. The van der Waals surface area contributed by atoms with Crippen LogP contribution in [0.15, 0.2) is 28.1 Å². The molecule has 1 aliphatic rings. The van der Waals surface area contributed by atoms with E-state index in [9.17, 15) is 13.2 Å². The Morgan fingerprint density at radius 2 is 1.86 bits per heavy atom. The molecule has 21 heavy (non-hydrogen) atoms. The zero-order valence-electron chi connectivity index (χ0n) is 12.0. The number of hydrogen-bond donors (Lipinski definition) is 2. The SMILES string of the molecule is Cc1cc2c(cc1C(=O)N=C(N)N)S(=O)(=O)C(C)(C)C=C2. The molecule has 112 valence electrons. The minimum Gasteiger partial charge on any atom is -0.370 e.